The van der Waals surface area contributed by atoms with Crippen molar-refractivity contribution in [3.8, 4) is 0 Å². The maximum absolute atomic E-state index is 13.2. The summed E-state index contributed by atoms with van der Waals surface area (Å²) in [5.41, 5.74) is 8.91. The summed E-state index contributed by atoms with van der Waals surface area (Å²) in [6.45, 7) is 8.74. The Morgan fingerprint density at radius 1 is 1.14 bits per heavy atom. The minimum atomic E-state index is -2.57. The zero-order valence-electron chi connectivity index (χ0n) is 21.3. The lowest BCUT2D eigenvalue weighted by molar-refractivity contribution is 0.0999. The minimum absolute atomic E-state index is 0.0369. The quantitative estimate of drug-likeness (QED) is 0.421. The molecule has 8 nitrogen and oxygen atoms in total. The van der Waals surface area contributed by atoms with Crippen molar-refractivity contribution in [2.24, 2.45) is 12.8 Å². The number of aryl methyl sites for hydroxylation is 2. The first kappa shape index (κ1) is 24.3. The molecule has 1 aliphatic rings. The number of pyridine rings is 1. The van der Waals surface area contributed by atoms with Crippen LogP contribution in [-0.4, -0.2) is 41.9 Å². The van der Waals surface area contributed by atoms with E-state index >= 15 is 0 Å². The first-order chi connectivity index (χ1) is 16.9. The largest absolute Gasteiger partial charge is 0.440 e. The summed E-state index contributed by atoms with van der Waals surface area (Å²) in [6, 6.07) is 11.4. The molecular formula is C27H31N4O4P. The lowest BCUT2D eigenvalue weighted by atomic mass is 9.80. The molecule has 1 amide bonds. The van der Waals surface area contributed by atoms with Crippen LogP contribution in [0.5, 0.6) is 0 Å². The van der Waals surface area contributed by atoms with Gasteiger partial charge in [-0.3, -0.25) is 9.59 Å². The van der Waals surface area contributed by atoms with Crippen molar-refractivity contribution < 1.29 is 13.8 Å². The van der Waals surface area contributed by atoms with Crippen LogP contribution in [0.3, 0.4) is 0 Å². The molecule has 1 fully saturated rings. The Morgan fingerprint density at radius 2 is 1.83 bits per heavy atom. The number of hydrogen-bond acceptors (Lipinski definition) is 6. The number of primary amides is 1. The molecule has 0 bridgehead atoms. The monoisotopic (exact) mass is 506 g/mol. The van der Waals surface area contributed by atoms with Crippen molar-refractivity contribution in [3.63, 3.8) is 0 Å². The first-order valence-electron chi connectivity index (χ1n) is 12.0. The third kappa shape index (κ3) is 3.94. The second-order valence-corrected chi connectivity index (χ2v) is 13.8. The van der Waals surface area contributed by atoms with E-state index in [2.05, 4.69) is 11.8 Å². The number of anilines is 1. The van der Waals surface area contributed by atoms with Crippen LogP contribution >= 0.6 is 7.14 Å². The van der Waals surface area contributed by atoms with E-state index in [1.807, 2.05) is 31.2 Å². The SMILES string of the molecule is Cc1ccc2oc(C3(C)CCN(c4c(C(N)=O)c(=O)n(C)c5ccc(P(C)(C)=O)cc45)CC3)nc2c1. The summed E-state index contributed by atoms with van der Waals surface area (Å²) < 4.78 is 20.4. The predicted octanol–water partition coefficient (Wildman–Crippen LogP) is 3.89. The van der Waals surface area contributed by atoms with E-state index in [1.54, 1.807) is 32.5 Å². The van der Waals surface area contributed by atoms with E-state index in [4.69, 9.17) is 15.1 Å². The van der Waals surface area contributed by atoms with E-state index < -0.39 is 18.6 Å². The maximum atomic E-state index is 13.2. The highest BCUT2D eigenvalue weighted by atomic mass is 31.2. The molecule has 9 heteroatoms. The summed E-state index contributed by atoms with van der Waals surface area (Å²) in [7, 11) is -0.945. The molecule has 0 atom stereocenters. The maximum Gasteiger partial charge on any atom is 0.265 e. The van der Waals surface area contributed by atoms with Gasteiger partial charge in [-0.25, -0.2) is 4.98 Å². The average Bonchev–Trinajstić information content (AvgIpc) is 3.25. The van der Waals surface area contributed by atoms with Crippen molar-refractivity contribution >= 4 is 46.0 Å². The molecule has 1 saturated heterocycles. The Hall–Kier alpha value is -3.38. The fourth-order valence-electron chi connectivity index (χ4n) is 5.14. The molecule has 1 aliphatic heterocycles. The number of carbonyl (C=O) groups is 1. The van der Waals surface area contributed by atoms with E-state index in [9.17, 15) is 14.2 Å². The van der Waals surface area contributed by atoms with Crippen LogP contribution < -0.4 is 21.5 Å². The molecule has 0 unspecified atom stereocenters. The second-order valence-electron chi connectivity index (χ2n) is 10.5. The van der Waals surface area contributed by atoms with Crippen LogP contribution in [0, 0.1) is 6.92 Å². The summed E-state index contributed by atoms with van der Waals surface area (Å²) in [5, 5.41) is 1.39. The van der Waals surface area contributed by atoms with Crippen LogP contribution in [0.1, 0.15) is 41.6 Å². The Morgan fingerprint density at radius 3 is 2.47 bits per heavy atom. The van der Waals surface area contributed by atoms with E-state index in [0.29, 0.717) is 53.7 Å². The molecule has 0 aliphatic carbocycles. The van der Waals surface area contributed by atoms with E-state index in [-0.39, 0.29) is 11.0 Å². The summed E-state index contributed by atoms with van der Waals surface area (Å²) in [4.78, 5) is 32.6. The number of nitrogens with two attached hydrogens (primary N) is 1. The number of rotatable bonds is 4. The van der Waals surface area contributed by atoms with Crippen molar-refractivity contribution in [1.29, 1.82) is 0 Å². The van der Waals surface area contributed by atoms with Gasteiger partial charge in [0.25, 0.3) is 11.5 Å². The van der Waals surface area contributed by atoms with Gasteiger partial charge in [-0.1, -0.05) is 13.0 Å². The summed E-state index contributed by atoms with van der Waals surface area (Å²) in [6.07, 6.45) is 1.43. The number of aromatic nitrogens is 2. The van der Waals surface area contributed by atoms with Gasteiger partial charge in [-0.15, -0.1) is 0 Å². The van der Waals surface area contributed by atoms with Gasteiger partial charge in [-0.2, -0.15) is 0 Å². The minimum Gasteiger partial charge on any atom is -0.440 e. The number of piperidine rings is 1. The smallest absolute Gasteiger partial charge is 0.265 e. The molecule has 2 aromatic carbocycles. The van der Waals surface area contributed by atoms with E-state index in [0.717, 1.165) is 16.7 Å². The molecule has 3 heterocycles. The van der Waals surface area contributed by atoms with Gasteiger partial charge in [0.05, 0.1) is 11.2 Å². The molecule has 4 aromatic rings. The van der Waals surface area contributed by atoms with Gasteiger partial charge < -0.3 is 24.2 Å². The summed E-state index contributed by atoms with van der Waals surface area (Å²) >= 11 is 0. The van der Waals surface area contributed by atoms with Crippen LogP contribution in [0.4, 0.5) is 5.69 Å². The van der Waals surface area contributed by atoms with Crippen LogP contribution in [-0.2, 0) is 17.0 Å². The molecule has 36 heavy (non-hydrogen) atoms. The molecule has 0 spiro atoms. The number of hydrogen-bond donors (Lipinski definition) is 1. The Kier molecular flexibility index (Phi) is 5.63. The molecule has 5 rings (SSSR count). The van der Waals surface area contributed by atoms with Crippen molar-refractivity contribution in [2.75, 3.05) is 31.3 Å². The van der Waals surface area contributed by atoms with Gasteiger partial charge in [0.1, 0.15) is 18.2 Å². The molecule has 0 saturated carbocycles. The van der Waals surface area contributed by atoms with Crippen molar-refractivity contribution in [2.45, 2.75) is 32.1 Å². The molecule has 2 aromatic heterocycles. The molecule has 0 radical (unpaired) electrons. The standard InChI is InChI=1S/C27H31N4O4P/c1-16-6-9-21-19(14-16)29-26(35-21)27(2)10-12-31(13-11-27)23-18-15-17(36(4,5)34)7-8-20(18)30(3)25(33)22(23)24(28)32/h6-9,14-15H,10-13H2,1-5H3,(H2,28,32). The fourth-order valence-corrected chi connectivity index (χ4v) is 6.01. The number of fused-ring (bicyclic) bond motifs is 2. The highest BCUT2D eigenvalue weighted by Crippen LogP contribution is 2.41. The third-order valence-electron chi connectivity index (χ3n) is 7.46. The number of nitrogens with zero attached hydrogens (tertiary/aromatic N) is 3. The lowest BCUT2D eigenvalue weighted by Crippen LogP contribution is -2.43. The molecule has 188 valence electrons. The number of benzene rings is 2. The zero-order valence-corrected chi connectivity index (χ0v) is 22.2. The van der Waals surface area contributed by atoms with E-state index in [1.165, 1.54) is 4.57 Å². The van der Waals surface area contributed by atoms with Crippen LogP contribution in [0.25, 0.3) is 22.0 Å². The van der Waals surface area contributed by atoms with Gasteiger partial charge in [0, 0.05) is 36.2 Å². The van der Waals surface area contributed by atoms with Gasteiger partial charge >= 0.3 is 0 Å². The predicted molar refractivity (Wildman–Crippen MR) is 144 cm³/mol. The number of amides is 1. The summed E-state index contributed by atoms with van der Waals surface area (Å²) in [5.74, 6) is -0.0661. The van der Waals surface area contributed by atoms with Crippen LogP contribution in [0.2, 0.25) is 0 Å². The van der Waals surface area contributed by atoms with Gasteiger partial charge in [0.2, 0.25) is 5.89 Å². The molecule has 2 N–H and O–H groups in total. The van der Waals surface area contributed by atoms with Crippen molar-refractivity contribution in [3.05, 3.63) is 63.8 Å². The normalized spacial score (nSPS) is 16.1. The fraction of sp³-hybridized carbons (Fsp3) is 0.370. The Balaban J connectivity index is 1.59. The topological polar surface area (TPSA) is 111 Å². The van der Waals surface area contributed by atoms with Gasteiger partial charge in [-0.05, 0) is 69.0 Å². The number of oxazole rings is 1. The molecular weight excluding hydrogens is 475 g/mol. The Bertz CT molecular complexity index is 1640. The first-order valence-corrected chi connectivity index (χ1v) is 14.6. The highest BCUT2D eigenvalue weighted by molar-refractivity contribution is 7.70. The highest BCUT2D eigenvalue weighted by Gasteiger charge is 2.38. The Labute approximate surface area is 209 Å². The van der Waals surface area contributed by atoms with Crippen molar-refractivity contribution in [1.82, 2.24) is 9.55 Å². The number of carbonyl (C=O) groups excluding carboxylic acids is 1. The zero-order chi connectivity index (χ0) is 26.0. The average molecular weight is 507 g/mol. The second kappa shape index (κ2) is 8.34. The van der Waals surface area contributed by atoms with Crippen LogP contribution in [0.15, 0.2) is 45.6 Å². The third-order valence-corrected chi connectivity index (χ3v) is 8.98. The van der Waals surface area contributed by atoms with Gasteiger partial charge in [0.15, 0.2) is 5.58 Å². The lowest BCUT2D eigenvalue weighted by Gasteiger charge is -2.39.